The van der Waals surface area contributed by atoms with Crippen molar-refractivity contribution in [2.45, 2.75) is 19.8 Å². The molecule has 0 aromatic carbocycles. The van der Waals surface area contributed by atoms with Gasteiger partial charge in [0.25, 0.3) is 0 Å². The molecule has 0 atom stereocenters. The van der Waals surface area contributed by atoms with Crippen molar-refractivity contribution in [3.8, 4) is 0 Å². The van der Waals surface area contributed by atoms with Crippen LogP contribution in [0.15, 0.2) is 0 Å². The van der Waals surface area contributed by atoms with Crippen LogP contribution in [0.1, 0.15) is 19.8 Å². The van der Waals surface area contributed by atoms with E-state index < -0.39 is 0 Å². The maximum Gasteiger partial charge on any atom is 0.120 e. The van der Waals surface area contributed by atoms with E-state index in [4.69, 9.17) is 5.41 Å². The van der Waals surface area contributed by atoms with Gasteiger partial charge in [-0.25, -0.2) is 0 Å². The summed E-state index contributed by atoms with van der Waals surface area (Å²) in [5.41, 5.74) is 0. The number of nitrogens with zero attached hydrogens (tertiary/aromatic N) is 1. The van der Waals surface area contributed by atoms with Gasteiger partial charge in [0.15, 0.2) is 0 Å². The highest BCUT2D eigenvalue weighted by Crippen LogP contribution is 1.90. The molecular formula is C7H14N2O. The number of amidine groups is 1. The second-order valence-electron chi connectivity index (χ2n) is 2.32. The van der Waals surface area contributed by atoms with E-state index >= 15 is 0 Å². The molecule has 0 fully saturated rings. The number of carbonyl (C=O) groups excluding carboxylic acids is 1. The van der Waals surface area contributed by atoms with Gasteiger partial charge in [-0.1, -0.05) is 0 Å². The molecule has 0 bridgehead atoms. The Hall–Kier alpha value is -0.860. The summed E-state index contributed by atoms with van der Waals surface area (Å²) in [6.45, 7) is 2.54. The molecule has 0 unspecified atom stereocenters. The Kier molecular flexibility index (Phi) is 4.54. The predicted octanol–water partition coefficient (Wildman–Crippen LogP) is 0.894. The van der Waals surface area contributed by atoms with E-state index in [1.54, 1.807) is 6.92 Å². The summed E-state index contributed by atoms with van der Waals surface area (Å²) in [7, 11) is 1.85. The summed E-state index contributed by atoms with van der Waals surface area (Å²) < 4.78 is 0. The van der Waals surface area contributed by atoms with Crippen LogP contribution in [0.5, 0.6) is 0 Å². The van der Waals surface area contributed by atoms with E-state index in [-0.39, 0.29) is 0 Å². The SMILES string of the molecule is CC(=N)N(C)CCCC=O. The van der Waals surface area contributed by atoms with Crippen molar-refractivity contribution in [2.24, 2.45) is 0 Å². The molecular weight excluding hydrogens is 128 g/mol. The normalized spacial score (nSPS) is 9.00. The van der Waals surface area contributed by atoms with Gasteiger partial charge in [0.05, 0.1) is 5.84 Å². The molecule has 0 saturated heterocycles. The van der Waals surface area contributed by atoms with Gasteiger partial charge < -0.3 is 9.69 Å². The van der Waals surface area contributed by atoms with E-state index in [1.165, 1.54) is 0 Å². The topological polar surface area (TPSA) is 44.2 Å². The number of nitrogens with one attached hydrogen (secondary N) is 1. The van der Waals surface area contributed by atoms with Crippen LogP contribution in [-0.2, 0) is 4.79 Å². The van der Waals surface area contributed by atoms with Crippen LogP contribution in [0.2, 0.25) is 0 Å². The molecule has 10 heavy (non-hydrogen) atoms. The standard InChI is InChI=1S/C7H14N2O/c1-7(8)9(2)5-3-4-6-10/h6,8H,3-5H2,1-2H3. The van der Waals surface area contributed by atoms with E-state index in [0.29, 0.717) is 12.3 Å². The molecule has 58 valence electrons. The van der Waals surface area contributed by atoms with Crippen molar-refractivity contribution in [1.82, 2.24) is 4.90 Å². The lowest BCUT2D eigenvalue weighted by atomic mass is 10.3. The van der Waals surface area contributed by atoms with Crippen LogP contribution in [0.4, 0.5) is 0 Å². The highest BCUT2D eigenvalue weighted by Gasteiger charge is 1.95. The van der Waals surface area contributed by atoms with Gasteiger partial charge in [0.1, 0.15) is 6.29 Å². The number of hydrogen-bond acceptors (Lipinski definition) is 2. The lowest BCUT2D eigenvalue weighted by molar-refractivity contribution is -0.107. The zero-order valence-corrected chi connectivity index (χ0v) is 6.55. The Morgan fingerprint density at radius 2 is 2.30 bits per heavy atom. The fourth-order valence-corrected chi connectivity index (χ4v) is 0.579. The number of rotatable bonds is 4. The largest absolute Gasteiger partial charge is 0.364 e. The molecule has 0 radical (unpaired) electrons. The summed E-state index contributed by atoms with van der Waals surface area (Å²) in [5, 5.41) is 7.17. The first-order chi connectivity index (χ1) is 4.68. The summed E-state index contributed by atoms with van der Waals surface area (Å²) in [6, 6.07) is 0. The van der Waals surface area contributed by atoms with Crippen molar-refractivity contribution in [3.63, 3.8) is 0 Å². The minimum Gasteiger partial charge on any atom is -0.364 e. The van der Waals surface area contributed by atoms with Crippen molar-refractivity contribution >= 4 is 12.1 Å². The van der Waals surface area contributed by atoms with Gasteiger partial charge >= 0.3 is 0 Å². The molecule has 1 N–H and O–H groups in total. The Bertz CT molecular complexity index is 123. The summed E-state index contributed by atoms with van der Waals surface area (Å²) in [6.07, 6.45) is 2.35. The van der Waals surface area contributed by atoms with Crippen LogP contribution in [0.25, 0.3) is 0 Å². The number of hydrogen-bond donors (Lipinski definition) is 1. The maximum absolute atomic E-state index is 9.88. The van der Waals surface area contributed by atoms with E-state index in [1.807, 2.05) is 11.9 Å². The predicted molar refractivity (Wildman–Crippen MR) is 41.3 cm³/mol. The average molecular weight is 142 g/mol. The number of aldehydes is 1. The molecule has 0 aliphatic carbocycles. The Morgan fingerprint density at radius 1 is 1.70 bits per heavy atom. The highest BCUT2D eigenvalue weighted by molar-refractivity contribution is 5.75. The van der Waals surface area contributed by atoms with E-state index in [2.05, 4.69) is 0 Å². The van der Waals surface area contributed by atoms with E-state index in [0.717, 1.165) is 19.3 Å². The van der Waals surface area contributed by atoms with Gasteiger partial charge in [0.2, 0.25) is 0 Å². The maximum atomic E-state index is 9.88. The van der Waals surface area contributed by atoms with Gasteiger partial charge in [0, 0.05) is 20.0 Å². The molecule has 0 spiro atoms. The average Bonchev–Trinajstić information content (AvgIpc) is 1.88. The van der Waals surface area contributed by atoms with Crippen LogP contribution < -0.4 is 0 Å². The molecule has 3 heteroatoms. The second kappa shape index (κ2) is 4.97. The van der Waals surface area contributed by atoms with Crippen molar-refractivity contribution in [3.05, 3.63) is 0 Å². The molecule has 0 aromatic heterocycles. The molecule has 0 rings (SSSR count). The lowest BCUT2D eigenvalue weighted by Gasteiger charge is -2.15. The van der Waals surface area contributed by atoms with Crippen LogP contribution in [0.3, 0.4) is 0 Å². The molecule has 0 amide bonds. The van der Waals surface area contributed by atoms with Crippen molar-refractivity contribution in [1.29, 1.82) is 5.41 Å². The molecule has 0 aromatic rings. The Morgan fingerprint density at radius 3 is 2.70 bits per heavy atom. The Labute approximate surface area is 61.5 Å². The van der Waals surface area contributed by atoms with Crippen LogP contribution in [-0.4, -0.2) is 30.6 Å². The van der Waals surface area contributed by atoms with E-state index in [9.17, 15) is 4.79 Å². The molecule has 0 aliphatic heterocycles. The minimum absolute atomic E-state index is 0.547. The minimum atomic E-state index is 0.547. The first kappa shape index (κ1) is 9.14. The quantitative estimate of drug-likeness (QED) is 0.274. The van der Waals surface area contributed by atoms with Crippen LogP contribution >= 0.6 is 0 Å². The molecule has 0 heterocycles. The van der Waals surface area contributed by atoms with Gasteiger partial charge in [-0.05, 0) is 13.3 Å². The summed E-state index contributed by atoms with van der Waals surface area (Å²) >= 11 is 0. The molecule has 0 aliphatic rings. The van der Waals surface area contributed by atoms with Gasteiger partial charge in [-0.15, -0.1) is 0 Å². The van der Waals surface area contributed by atoms with Crippen LogP contribution in [0, 0.1) is 5.41 Å². The van der Waals surface area contributed by atoms with Crippen molar-refractivity contribution < 1.29 is 4.79 Å². The monoisotopic (exact) mass is 142 g/mol. The molecule has 0 saturated carbocycles. The van der Waals surface area contributed by atoms with Crippen molar-refractivity contribution in [2.75, 3.05) is 13.6 Å². The zero-order chi connectivity index (χ0) is 7.98. The fraction of sp³-hybridized carbons (Fsp3) is 0.714. The second-order valence-corrected chi connectivity index (χ2v) is 2.32. The highest BCUT2D eigenvalue weighted by atomic mass is 16.1. The van der Waals surface area contributed by atoms with Gasteiger partial charge in [-0.3, -0.25) is 5.41 Å². The number of unbranched alkanes of at least 4 members (excludes halogenated alkanes) is 1. The first-order valence-corrected chi connectivity index (χ1v) is 3.38. The smallest absolute Gasteiger partial charge is 0.120 e. The third kappa shape index (κ3) is 4.06. The zero-order valence-electron chi connectivity index (χ0n) is 6.55. The first-order valence-electron chi connectivity index (χ1n) is 3.38. The van der Waals surface area contributed by atoms with Gasteiger partial charge in [-0.2, -0.15) is 0 Å². The lowest BCUT2D eigenvalue weighted by Crippen LogP contribution is -2.24. The molecule has 3 nitrogen and oxygen atoms in total. The summed E-state index contributed by atoms with van der Waals surface area (Å²) in [4.78, 5) is 11.7. The third-order valence-corrected chi connectivity index (χ3v) is 1.39. The Balaban J connectivity index is 3.30. The fourth-order valence-electron chi connectivity index (χ4n) is 0.579. The number of carbonyl (C=O) groups is 1. The third-order valence-electron chi connectivity index (χ3n) is 1.39. The summed E-state index contributed by atoms with van der Waals surface area (Å²) in [5.74, 6) is 0.547.